The van der Waals surface area contributed by atoms with Crippen LogP contribution in [0.5, 0.6) is 0 Å². The highest BCUT2D eigenvalue weighted by molar-refractivity contribution is 5.48. The number of halogens is 1. The van der Waals surface area contributed by atoms with Gasteiger partial charge in [0.2, 0.25) is 0 Å². The molecule has 0 unspecified atom stereocenters. The van der Waals surface area contributed by atoms with Crippen LogP contribution in [0, 0.1) is 17.1 Å². The molecular weight excluding hydrogens is 401 g/mol. The monoisotopic (exact) mass is 429 g/mol. The molecule has 4 rings (SSSR count). The van der Waals surface area contributed by atoms with E-state index in [9.17, 15) is 9.65 Å². The van der Waals surface area contributed by atoms with Gasteiger partial charge in [-0.25, -0.2) is 4.39 Å². The van der Waals surface area contributed by atoms with E-state index in [0.717, 1.165) is 54.7 Å². The maximum absolute atomic E-state index is 13.6. The average Bonchev–Trinajstić information content (AvgIpc) is 3.18. The summed E-state index contributed by atoms with van der Waals surface area (Å²) in [5, 5.41) is 9.25. The van der Waals surface area contributed by atoms with Crippen molar-refractivity contribution < 1.29 is 9.13 Å². The molecule has 3 aromatic carbocycles. The average molecular weight is 430 g/mol. The molecule has 0 spiro atoms. The summed E-state index contributed by atoms with van der Waals surface area (Å²) >= 11 is 0. The third-order valence-corrected chi connectivity index (χ3v) is 6.28. The van der Waals surface area contributed by atoms with Gasteiger partial charge in [0, 0.05) is 12.2 Å². The van der Waals surface area contributed by atoms with Crippen LogP contribution in [0.25, 0.3) is 0 Å². The van der Waals surface area contributed by atoms with Gasteiger partial charge in [0.15, 0.2) is 0 Å². The molecule has 0 aromatic heterocycles. The van der Waals surface area contributed by atoms with E-state index >= 15 is 0 Å². The lowest BCUT2D eigenvalue weighted by atomic mass is 9.81. The standard InChI is InChI=1S/C27H28FN3O/c1-31(16-13-20-3-10-25(30)11-4-20)15-2-14-27(23-6-8-24(28)9-7-23)26-12-5-21(18-29)17-22(26)19-32-27/h3-12,17H,2,13-16,19,30H2,1H3/t27-/m0/s1. The predicted octanol–water partition coefficient (Wildman–Crippen LogP) is 5.01. The highest BCUT2D eigenvalue weighted by Gasteiger charge is 2.41. The summed E-state index contributed by atoms with van der Waals surface area (Å²) in [6, 6.07) is 22.6. The second-order valence-electron chi connectivity index (χ2n) is 8.50. The third kappa shape index (κ3) is 4.67. The lowest BCUT2D eigenvalue weighted by Gasteiger charge is -2.31. The second-order valence-corrected chi connectivity index (χ2v) is 8.50. The fourth-order valence-corrected chi connectivity index (χ4v) is 4.48. The van der Waals surface area contributed by atoms with Gasteiger partial charge in [-0.15, -0.1) is 0 Å². The van der Waals surface area contributed by atoms with Crippen molar-refractivity contribution in [2.45, 2.75) is 31.5 Å². The minimum absolute atomic E-state index is 0.260. The van der Waals surface area contributed by atoms with Crippen LogP contribution in [0.4, 0.5) is 10.1 Å². The van der Waals surface area contributed by atoms with Crippen LogP contribution in [0.1, 0.15) is 40.7 Å². The molecule has 1 atom stereocenters. The van der Waals surface area contributed by atoms with E-state index in [1.54, 1.807) is 0 Å². The molecule has 1 heterocycles. The van der Waals surface area contributed by atoms with Crippen LogP contribution in [0.3, 0.4) is 0 Å². The highest BCUT2D eigenvalue weighted by Crippen LogP contribution is 2.45. The number of nitrogens with two attached hydrogens (primary N) is 1. The van der Waals surface area contributed by atoms with Gasteiger partial charge in [-0.2, -0.15) is 5.26 Å². The van der Waals surface area contributed by atoms with E-state index in [-0.39, 0.29) is 5.82 Å². The van der Waals surface area contributed by atoms with Crippen molar-refractivity contribution in [1.29, 1.82) is 5.26 Å². The Bertz CT molecular complexity index is 1110. The molecule has 0 fully saturated rings. The Labute approximate surface area is 189 Å². The van der Waals surface area contributed by atoms with Gasteiger partial charge in [-0.05, 0) is 91.5 Å². The first-order chi connectivity index (χ1) is 15.5. The maximum atomic E-state index is 13.6. The van der Waals surface area contributed by atoms with Crippen LogP contribution in [-0.4, -0.2) is 25.0 Å². The molecule has 4 nitrogen and oxygen atoms in total. The van der Waals surface area contributed by atoms with Gasteiger partial charge in [0.05, 0.1) is 18.2 Å². The second kappa shape index (κ2) is 9.52. The number of nitrogen functional groups attached to an aromatic ring is 1. The Hall–Kier alpha value is -3.20. The maximum Gasteiger partial charge on any atom is 0.123 e. The van der Waals surface area contributed by atoms with Crippen LogP contribution >= 0.6 is 0 Å². The minimum Gasteiger partial charge on any atom is -0.399 e. The summed E-state index contributed by atoms with van der Waals surface area (Å²) in [5.41, 5.74) is 10.9. The molecule has 0 bridgehead atoms. The number of anilines is 1. The smallest absolute Gasteiger partial charge is 0.123 e. The van der Waals surface area contributed by atoms with E-state index in [1.165, 1.54) is 17.7 Å². The molecule has 1 aliphatic heterocycles. The molecule has 0 aliphatic carbocycles. The first-order valence-electron chi connectivity index (χ1n) is 11.0. The van der Waals surface area contributed by atoms with Crippen LogP contribution in [0.15, 0.2) is 66.7 Å². The lowest BCUT2D eigenvalue weighted by molar-refractivity contribution is -0.0142. The number of fused-ring (bicyclic) bond motifs is 1. The number of nitriles is 1. The Morgan fingerprint density at radius 2 is 1.81 bits per heavy atom. The largest absolute Gasteiger partial charge is 0.399 e. The third-order valence-electron chi connectivity index (χ3n) is 6.28. The minimum atomic E-state index is -0.616. The number of hydrogen-bond donors (Lipinski definition) is 1. The fraction of sp³-hybridized carbons (Fsp3) is 0.296. The first kappa shape index (κ1) is 22.0. The Kier molecular flexibility index (Phi) is 6.55. The molecule has 2 N–H and O–H groups in total. The number of likely N-dealkylation sites (N-methyl/N-ethyl adjacent to an activating group) is 1. The summed E-state index contributed by atoms with van der Waals surface area (Å²) in [6.45, 7) is 2.33. The normalized spacial score (nSPS) is 17.3. The van der Waals surface area contributed by atoms with Crippen molar-refractivity contribution in [2.24, 2.45) is 0 Å². The van der Waals surface area contributed by atoms with Crippen molar-refractivity contribution in [3.63, 3.8) is 0 Å². The summed E-state index contributed by atoms with van der Waals surface area (Å²) in [7, 11) is 2.13. The van der Waals surface area contributed by atoms with Crippen molar-refractivity contribution >= 4 is 5.69 Å². The number of rotatable bonds is 8. The molecule has 164 valence electrons. The van der Waals surface area contributed by atoms with Crippen molar-refractivity contribution in [3.8, 4) is 6.07 Å². The lowest BCUT2D eigenvalue weighted by Crippen LogP contribution is -2.30. The molecule has 5 heteroatoms. The van der Waals surface area contributed by atoms with Crippen molar-refractivity contribution in [2.75, 3.05) is 25.9 Å². The quantitative estimate of drug-likeness (QED) is 0.512. The molecule has 0 amide bonds. The highest BCUT2D eigenvalue weighted by atomic mass is 19.1. The predicted molar refractivity (Wildman–Crippen MR) is 124 cm³/mol. The van der Waals surface area contributed by atoms with Gasteiger partial charge in [0.25, 0.3) is 0 Å². The van der Waals surface area contributed by atoms with Crippen LogP contribution in [-0.2, 0) is 23.4 Å². The molecule has 0 saturated heterocycles. The van der Waals surface area contributed by atoms with E-state index in [0.29, 0.717) is 12.2 Å². The van der Waals surface area contributed by atoms with Gasteiger partial charge >= 0.3 is 0 Å². The zero-order valence-electron chi connectivity index (χ0n) is 18.4. The van der Waals surface area contributed by atoms with E-state index in [4.69, 9.17) is 10.5 Å². The number of ether oxygens (including phenoxy) is 1. The summed E-state index contributed by atoms with van der Waals surface area (Å²) in [5.74, 6) is -0.260. The first-order valence-corrected chi connectivity index (χ1v) is 11.0. The van der Waals surface area contributed by atoms with E-state index < -0.39 is 5.60 Å². The molecule has 1 aliphatic rings. The number of hydrogen-bond acceptors (Lipinski definition) is 4. The van der Waals surface area contributed by atoms with Crippen LogP contribution in [0.2, 0.25) is 0 Å². The number of nitrogens with zero attached hydrogens (tertiary/aromatic N) is 2. The zero-order valence-corrected chi connectivity index (χ0v) is 18.4. The molecular formula is C27H28FN3O. The van der Waals surface area contributed by atoms with Crippen molar-refractivity contribution in [1.82, 2.24) is 4.90 Å². The van der Waals surface area contributed by atoms with Gasteiger partial charge < -0.3 is 15.4 Å². The molecule has 3 aromatic rings. The molecule has 32 heavy (non-hydrogen) atoms. The zero-order chi connectivity index (χ0) is 22.6. The number of benzene rings is 3. The van der Waals surface area contributed by atoms with E-state index in [1.807, 2.05) is 42.5 Å². The van der Waals surface area contributed by atoms with Gasteiger partial charge in [0.1, 0.15) is 11.4 Å². The molecule has 0 radical (unpaired) electrons. The van der Waals surface area contributed by atoms with Gasteiger partial charge in [-0.1, -0.05) is 30.3 Å². The summed E-state index contributed by atoms with van der Waals surface area (Å²) in [6.07, 6.45) is 2.68. The Balaban J connectivity index is 1.46. The van der Waals surface area contributed by atoms with Gasteiger partial charge in [-0.3, -0.25) is 0 Å². The van der Waals surface area contributed by atoms with E-state index in [2.05, 4.69) is 30.1 Å². The summed E-state index contributed by atoms with van der Waals surface area (Å²) < 4.78 is 20.0. The summed E-state index contributed by atoms with van der Waals surface area (Å²) in [4.78, 5) is 2.32. The Morgan fingerprint density at radius 1 is 1.06 bits per heavy atom. The Morgan fingerprint density at radius 3 is 2.53 bits per heavy atom. The van der Waals surface area contributed by atoms with Crippen molar-refractivity contribution in [3.05, 3.63) is 100 Å². The SMILES string of the molecule is CN(CCC[C@@]1(c2ccc(F)cc2)OCc2cc(C#N)ccc21)CCc1ccc(N)cc1. The molecule has 0 saturated carbocycles. The topological polar surface area (TPSA) is 62.3 Å². The fourth-order valence-electron chi connectivity index (χ4n) is 4.48. The van der Waals surface area contributed by atoms with Crippen LogP contribution < -0.4 is 5.73 Å².